The highest BCUT2D eigenvalue weighted by atomic mass is 79.9. The first kappa shape index (κ1) is 24.5. The largest absolute Gasteiger partial charge is 0.492 e. The van der Waals surface area contributed by atoms with Crippen LogP contribution in [0.15, 0.2) is 65.1 Å². The number of rotatable bonds is 7. The summed E-state index contributed by atoms with van der Waals surface area (Å²) in [6, 6.07) is 18.4. The van der Waals surface area contributed by atoms with E-state index in [9.17, 15) is 9.59 Å². The van der Waals surface area contributed by atoms with E-state index in [-0.39, 0.29) is 11.7 Å². The lowest BCUT2D eigenvalue weighted by Crippen LogP contribution is -2.49. The molecule has 33 heavy (non-hydrogen) atoms. The summed E-state index contributed by atoms with van der Waals surface area (Å²) in [5.41, 5.74) is 5.25. The second-order valence-electron chi connectivity index (χ2n) is 7.54. The first-order chi connectivity index (χ1) is 15.8. The fraction of sp³-hybridized carbons (Fsp3) is 0.208. The third-order valence-corrected chi connectivity index (χ3v) is 5.46. The predicted molar refractivity (Wildman–Crippen MR) is 135 cm³/mol. The molecular weight excluding hydrogens is 506 g/mol. The summed E-state index contributed by atoms with van der Waals surface area (Å²) in [4.78, 5) is 24.7. The molecule has 0 aliphatic heterocycles. The first-order valence-corrected chi connectivity index (χ1v) is 11.5. The van der Waals surface area contributed by atoms with Gasteiger partial charge in [0.05, 0.1) is 16.6 Å². The molecular formula is C24H24BrN3O4S. The van der Waals surface area contributed by atoms with Crippen molar-refractivity contribution in [3.8, 4) is 11.5 Å². The summed E-state index contributed by atoms with van der Waals surface area (Å²) in [7, 11) is 0. The van der Waals surface area contributed by atoms with Gasteiger partial charge in [-0.15, -0.1) is 0 Å². The number of hydrogen-bond donors (Lipinski definition) is 3. The van der Waals surface area contributed by atoms with Crippen LogP contribution in [0.5, 0.6) is 11.5 Å². The summed E-state index contributed by atoms with van der Waals surface area (Å²) < 4.78 is 12.1. The topological polar surface area (TPSA) is 88.7 Å². The molecule has 3 aromatic rings. The molecule has 2 amide bonds. The van der Waals surface area contributed by atoms with Crippen molar-refractivity contribution in [1.82, 2.24) is 16.2 Å². The Bertz CT molecular complexity index is 1170. The summed E-state index contributed by atoms with van der Waals surface area (Å²) in [6.45, 7) is 4.28. The Morgan fingerprint density at radius 1 is 0.939 bits per heavy atom. The molecule has 172 valence electrons. The minimum absolute atomic E-state index is 0.0566. The van der Waals surface area contributed by atoms with Crippen molar-refractivity contribution in [3.63, 3.8) is 0 Å². The van der Waals surface area contributed by atoms with Gasteiger partial charge in [-0.25, -0.2) is 0 Å². The van der Waals surface area contributed by atoms with Gasteiger partial charge in [0.25, 0.3) is 11.8 Å². The third-order valence-electron chi connectivity index (χ3n) is 4.43. The molecule has 0 heterocycles. The lowest BCUT2D eigenvalue weighted by molar-refractivity contribution is -0.123. The number of benzene rings is 3. The van der Waals surface area contributed by atoms with Gasteiger partial charge in [0.2, 0.25) is 0 Å². The second-order valence-corrected chi connectivity index (χ2v) is 8.75. The van der Waals surface area contributed by atoms with Gasteiger partial charge >= 0.3 is 0 Å². The third kappa shape index (κ3) is 6.90. The second kappa shape index (κ2) is 11.6. The van der Waals surface area contributed by atoms with E-state index >= 15 is 0 Å². The van der Waals surface area contributed by atoms with Gasteiger partial charge in [0.15, 0.2) is 11.7 Å². The summed E-state index contributed by atoms with van der Waals surface area (Å²) in [6.07, 6.45) is 0. The van der Waals surface area contributed by atoms with Crippen LogP contribution < -0.4 is 25.6 Å². The van der Waals surface area contributed by atoms with Crippen LogP contribution in [0.4, 0.5) is 0 Å². The van der Waals surface area contributed by atoms with Gasteiger partial charge in [-0.05, 0) is 63.0 Å². The maximum absolute atomic E-state index is 12.6. The Morgan fingerprint density at radius 3 is 2.45 bits per heavy atom. The number of hydrazine groups is 1. The summed E-state index contributed by atoms with van der Waals surface area (Å²) >= 11 is 8.62. The van der Waals surface area contributed by atoms with Crippen molar-refractivity contribution in [2.45, 2.75) is 13.8 Å². The van der Waals surface area contributed by atoms with Crippen molar-refractivity contribution in [1.29, 1.82) is 0 Å². The van der Waals surface area contributed by atoms with Crippen molar-refractivity contribution in [2.75, 3.05) is 13.2 Å². The van der Waals surface area contributed by atoms with Crippen molar-refractivity contribution >= 4 is 55.8 Å². The van der Waals surface area contributed by atoms with Crippen LogP contribution in [0.25, 0.3) is 10.8 Å². The van der Waals surface area contributed by atoms with Crippen LogP contribution in [0.2, 0.25) is 0 Å². The number of carbonyl (C=O) groups is 2. The van der Waals surface area contributed by atoms with Gasteiger partial charge in [0, 0.05) is 0 Å². The SMILES string of the molecule is CC(C)COc1ccccc1C(=O)NC(=S)NNC(=O)COc1ccc2ccccc2c1Br. The lowest BCUT2D eigenvalue weighted by Gasteiger charge is -2.14. The van der Waals surface area contributed by atoms with Crippen molar-refractivity contribution in [2.24, 2.45) is 5.92 Å². The van der Waals surface area contributed by atoms with Crippen molar-refractivity contribution < 1.29 is 19.1 Å². The molecule has 7 nitrogen and oxygen atoms in total. The van der Waals surface area contributed by atoms with Crippen LogP contribution in [0.3, 0.4) is 0 Å². The molecule has 9 heteroatoms. The monoisotopic (exact) mass is 529 g/mol. The first-order valence-electron chi connectivity index (χ1n) is 10.3. The number of carbonyl (C=O) groups excluding carboxylic acids is 2. The van der Waals surface area contributed by atoms with Crippen LogP contribution in [-0.4, -0.2) is 30.1 Å². The number of nitrogens with one attached hydrogen (secondary N) is 3. The van der Waals surface area contributed by atoms with E-state index in [1.807, 2.05) is 44.2 Å². The standard InChI is InChI=1S/C24H24BrN3O4S/c1-15(2)13-31-19-10-6-5-9-18(19)23(30)26-24(33)28-27-21(29)14-32-20-12-11-16-7-3-4-8-17(16)22(20)25/h3-12,15H,13-14H2,1-2H3,(H,27,29)(H2,26,28,30,33). The molecule has 0 saturated carbocycles. The van der Waals surface area contributed by atoms with E-state index in [2.05, 4.69) is 32.1 Å². The molecule has 3 N–H and O–H groups in total. The number of para-hydroxylation sites is 1. The Balaban J connectivity index is 1.49. The van der Waals surface area contributed by atoms with Gasteiger partial charge in [-0.1, -0.05) is 56.3 Å². The fourth-order valence-electron chi connectivity index (χ4n) is 2.87. The molecule has 0 atom stereocenters. The van der Waals surface area contributed by atoms with Crippen LogP contribution in [0, 0.1) is 5.92 Å². The zero-order chi connectivity index (χ0) is 23.8. The molecule has 0 radical (unpaired) electrons. The zero-order valence-corrected chi connectivity index (χ0v) is 20.6. The van der Waals surface area contributed by atoms with Crippen LogP contribution in [-0.2, 0) is 4.79 Å². The zero-order valence-electron chi connectivity index (χ0n) is 18.2. The predicted octanol–water partition coefficient (Wildman–Crippen LogP) is 4.35. The number of thiocarbonyl (C=S) groups is 1. The average molecular weight is 530 g/mol. The molecule has 0 bridgehead atoms. The van der Waals surface area contributed by atoms with Gasteiger partial charge in [-0.2, -0.15) is 0 Å². The Hall–Kier alpha value is -3.17. The minimum atomic E-state index is -0.465. The molecule has 0 aliphatic rings. The van der Waals surface area contributed by atoms with Crippen LogP contribution in [0.1, 0.15) is 24.2 Å². The molecule has 3 aromatic carbocycles. The molecule has 0 spiro atoms. The number of fused-ring (bicyclic) bond motifs is 1. The number of halogens is 1. The van der Waals surface area contributed by atoms with Crippen LogP contribution >= 0.6 is 28.1 Å². The molecule has 0 aliphatic carbocycles. The molecule has 0 saturated heterocycles. The normalized spacial score (nSPS) is 10.5. The van der Waals surface area contributed by atoms with Crippen molar-refractivity contribution in [3.05, 3.63) is 70.7 Å². The minimum Gasteiger partial charge on any atom is -0.492 e. The lowest BCUT2D eigenvalue weighted by atomic mass is 10.1. The molecule has 0 aromatic heterocycles. The number of hydrogen-bond acceptors (Lipinski definition) is 5. The highest BCUT2D eigenvalue weighted by Gasteiger charge is 2.14. The fourth-order valence-corrected chi connectivity index (χ4v) is 3.62. The van der Waals surface area contributed by atoms with E-state index < -0.39 is 11.8 Å². The van der Waals surface area contributed by atoms with Gasteiger partial charge in [0.1, 0.15) is 11.5 Å². The average Bonchev–Trinajstić information content (AvgIpc) is 2.81. The Labute approximate surface area is 205 Å². The molecule has 3 rings (SSSR count). The molecule has 0 fully saturated rings. The smallest absolute Gasteiger partial charge is 0.276 e. The van der Waals surface area contributed by atoms with E-state index in [0.717, 1.165) is 15.2 Å². The maximum atomic E-state index is 12.6. The number of ether oxygens (including phenoxy) is 2. The highest BCUT2D eigenvalue weighted by Crippen LogP contribution is 2.32. The van der Waals surface area contributed by atoms with Gasteiger partial charge in [-0.3, -0.25) is 25.8 Å². The van der Waals surface area contributed by atoms with Gasteiger partial charge < -0.3 is 9.47 Å². The van der Waals surface area contributed by atoms with E-state index in [1.165, 1.54) is 0 Å². The maximum Gasteiger partial charge on any atom is 0.276 e. The quantitative estimate of drug-likeness (QED) is 0.311. The number of amides is 2. The highest BCUT2D eigenvalue weighted by molar-refractivity contribution is 9.10. The van der Waals surface area contributed by atoms with E-state index in [1.54, 1.807) is 30.3 Å². The summed E-state index contributed by atoms with van der Waals surface area (Å²) in [5.74, 6) is 0.406. The Morgan fingerprint density at radius 2 is 1.67 bits per heavy atom. The Kier molecular flexibility index (Phi) is 8.62. The van der Waals surface area contributed by atoms with E-state index in [0.29, 0.717) is 29.6 Å². The summed E-state index contributed by atoms with van der Waals surface area (Å²) in [5, 5.41) is 4.50. The van der Waals surface area contributed by atoms with E-state index in [4.69, 9.17) is 21.7 Å². The molecule has 0 unspecified atom stereocenters.